The fraction of sp³-hybridized carbons (Fsp3) is 0.929. The van der Waals surface area contributed by atoms with Gasteiger partial charge in [0.05, 0.1) is 23.9 Å². The van der Waals surface area contributed by atoms with Gasteiger partial charge in [-0.1, -0.05) is 27.7 Å². The minimum absolute atomic E-state index is 0.130. The Kier molecular flexibility index (Phi) is 10.4. The Bertz CT molecular complexity index is 784. The third kappa shape index (κ3) is 7.31. The average Bonchev–Trinajstić information content (AvgIpc) is 3.18. The van der Waals surface area contributed by atoms with Gasteiger partial charge in [0, 0.05) is 25.9 Å². The van der Waals surface area contributed by atoms with Crippen molar-refractivity contribution in [1.82, 2.24) is 0 Å². The van der Waals surface area contributed by atoms with Gasteiger partial charge in [-0.2, -0.15) is 0 Å². The lowest BCUT2D eigenvalue weighted by atomic mass is 9.75. The van der Waals surface area contributed by atoms with E-state index in [-0.39, 0.29) is 36.6 Å². The zero-order valence-corrected chi connectivity index (χ0v) is 24.9. The molecule has 0 aromatic rings. The summed E-state index contributed by atoms with van der Waals surface area (Å²) in [6, 6.07) is 0. The Labute approximate surface area is 223 Å². The molecule has 0 spiro atoms. The SMILES string of the molecule is CC[C@@H](OCOC)[C@@]1(C)OC(C)(C)O[C@@H]1[C@@H](C)[C@H](OC(C)=O)[C@@H](C)C[C@@]1(C)OC(C)(C)O[C@@H]1[C@@H](C)C=O. The molecule has 0 aliphatic carbocycles. The smallest absolute Gasteiger partial charge is 0.302 e. The highest BCUT2D eigenvalue weighted by atomic mass is 16.8. The van der Waals surface area contributed by atoms with Gasteiger partial charge in [0.15, 0.2) is 11.6 Å². The van der Waals surface area contributed by atoms with E-state index in [1.165, 1.54) is 6.92 Å². The standard InChI is InChI=1S/C28H50O9/c1-13-21(32-16-31-12)28(11)24(35-26(8,9)37-28)19(4)22(33-20(5)30)17(2)14-27(10)23(18(3)15-29)34-25(6,7)36-27/h15,17-19,21-24H,13-14,16H2,1-12H3/t17-,18-,19-,21+,22+,23+,24+,27+,28+/m0/s1. The molecule has 9 nitrogen and oxygen atoms in total. The Hall–Kier alpha value is -1.10. The Morgan fingerprint density at radius 1 is 0.973 bits per heavy atom. The predicted molar refractivity (Wildman–Crippen MR) is 138 cm³/mol. The molecule has 2 aliphatic heterocycles. The summed E-state index contributed by atoms with van der Waals surface area (Å²) in [5, 5.41) is 0. The summed E-state index contributed by atoms with van der Waals surface area (Å²) >= 11 is 0. The molecule has 2 saturated heterocycles. The van der Waals surface area contributed by atoms with Crippen molar-refractivity contribution < 1.29 is 42.7 Å². The van der Waals surface area contributed by atoms with E-state index in [9.17, 15) is 9.59 Å². The van der Waals surface area contributed by atoms with E-state index < -0.39 is 41.1 Å². The van der Waals surface area contributed by atoms with Crippen molar-refractivity contribution in [2.45, 2.75) is 136 Å². The molecule has 0 N–H and O–H groups in total. The molecule has 2 fully saturated rings. The van der Waals surface area contributed by atoms with Crippen molar-refractivity contribution in [3.63, 3.8) is 0 Å². The molecule has 37 heavy (non-hydrogen) atoms. The number of carbonyl (C=O) groups is 2. The molecule has 2 rings (SSSR count). The quantitative estimate of drug-likeness (QED) is 0.192. The molecule has 0 radical (unpaired) electrons. The fourth-order valence-corrected chi connectivity index (χ4v) is 6.58. The van der Waals surface area contributed by atoms with Crippen molar-refractivity contribution in [1.29, 1.82) is 0 Å². The van der Waals surface area contributed by atoms with Gasteiger partial charge in [0.1, 0.15) is 24.8 Å². The van der Waals surface area contributed by atoms with Crippen molar-refractivity contribution >= 4 is 12.3 Å². The van der Waals surface area contributed by atoms with Gasteiger partial charge in [-0.15, -0.1) is 0 Å². The van der Waals surface area contributed by atoms with Crippen LogP contribution >= 0.6 is 0 Å². The summed E-state index contributed by atoms with van der Waals surface area (Å²) in [6.45, 7) is 20.9. The van der Waals surface area contributed by atoms with Crippen LogP contribution in [-0.2, 0) is 42.7 Å². The molecule has 9 heteroatoms. The Balaban J connectivity index is 2.40. The van der Waals surface area contributed by atoms with Crippen LogP contribution in [0, 0.1) is 17.8 Å². The lowest BCUT2D eigenvalue weighted by molar-refractivity contribution is -0.201. The van der Waals surface area contributed by atoms with E-state index in [0.29, 0.717) is 12.8 Å². The van der Waals surface area contributed by atoms with E-state index >= 15 is 0 Å². The predicted octanol–water partition coefficient (Wildman–Crippen LogP) is 4.63. The van der Waals surface area contributed by atoms with Gasteiger partial charge in [-0.3, -0.25) is 4.79 Å². The fourth-order valence-electron chi connectivity index (χ4n) is 6.58. The zero-order valence-electron chi connectivity index (χ0n) is 24.9. The highest BCUT2D eigenvalue weighted by molar-refractivity contribution is 5.66. The maximum Gasteiger partial charge on any atom is 0.302 e. The first-order valence-electron chi connectivity index (χ1n) is 13.4. The van der Waals surface area contributed by atoms with Crippen LogP contribution in [0.25, 0.3) is 0 Å². The van der Waals surface area contributed by atoms with Crippen LogP contribution in [0.3, 0.4) is 0 Å². The number of hydrogen-bond acceptors (Lipinski definition) is 9. The molecule has 0 aromatic heterocycles. The van der Waals surface area contributed by atoms with Gasteiger partial charge < -0.3 is 38.0 Å². The second-order valence-corrected chi connectivity index (χ2v) is 12.2. The second kappa shape index (κ2) is 12.0. The van der Waals surface area contributed by atoms with Gasteiger partial charge in [0.25, 0.3) is 0 Å². The molecule has 216 valence electrons. The third-order valence-electron chi connectivity index (χ3n) is 7.61. The molecule has 0 amide bonds. The lowest BCUT2D eigenvalue weighted by Crippen LogP contribution is -2.55. The molecule has 0 aromatic carbocycles. The van der Waals surface area contributed by atoms with Crippen LogP contribution in [0.4, 0.5) is 0 Å². The van der Waals surface area contributed by atoms with Gasteiger partial charge in [-0.25, -0.2) is 0 Å². The molecular formula is C28H50O9. The van der Waals surface area contributed by atoms with E-state index in [1.54, 1.807) is 7.11 Å². The second-order valence-electron chi connectivity index (χ2n) is 12.2. The molecule has 2 heterocycles. The number of ether oxygens (including phenoxy) is 7. The number of esters is 1. The minimum atomic E-state index is -0.857. The van der Waals surface area contributed by atoms with Gasteiger partial charge in [-0.05, 0) is 60.3 Å². The maximum atomic E-state index is 12.3. The molecule has 2 aliphatic rings. The van der Waals surface area contributed by atoms with Crippen molar-refractivity contribution in [2.24, 2.45) is 17.8 Å². The number of methoxy groups -OCH3 is 1. The first kappa shape index (κ1) is 32.1. The Morgan fingerprint density at radius 2 is 1.54 bits per heavy atom. The van der Waals surface area contributed by atoms with E-state index in [0.717, 1.165) is 6.29 Å². The highest BCUT2D eigenvalue weighted by Gasteiger charge is 2.59. The topological polar surface area (TPSA) is 98.8 Å². The van der Waals surface area contributed by atoms with Crippen LogP contribution in [0.15, 0.2) is 0 Å². The monoisotopic (exact) mass is 530 g/mol. The minimum Gasteiger partial charge on any atom is -0.462 e. The number of rotatable bonds is 13. The van der Waals surface area contributed by atoms with Crippen LogP contribution < -0.4 is 0 Å². The van der Waals surface area contributed by atoms with Crippen LogP contribution in [0.1, 0.15) is 89.0 Å². The largest absolute Gasteiger partial charge is 0.462 e. The van der Waals surface area contributed by atoms with Crippen molar-refractivity contribution in [2.75, 3.05) is 13.9 Å². The first-order chi connectivity index (χ1) is 16.9. The summed E-state index contributed by atoms with van der Waals surface area (Å²) in [4.78, 5) is 24.0. The van der Waals surface area contributed by atoms with Crippen LogP contribution in [0.5, 0.6) is 0 Å². The molecular weight excluding hydrogens is 480 g/mol. The van der Waals surface area contributed by atoms with Crippen LogP contribution in [0.2, 0.25) is 0 Å². The first-order valence-corrected chi connectivity index (χ1v) is 13.4. The van der Waals surface area contributed by atoms with E-state index in [2.05, 4.69) is 0 Å². The zero-order chi connectivity index (χ0) is 28.4. The summed E-state index contributed by atoms with van der Waals surface area (Å²) < 4.78 is 42.6. The summed E-state index contributed by atoms with van der Waals surface area (Å²) in [7, 11) is 1.58. The Morgan fingerprint density at radius 3 is 2.05 bits per heavy atom. The summed E-state index contributed by atoms with van der Waals surface area (Å²) in [6.07, 6.45) is 0.385. The third-order valence-corrected chi connectivity index (χ3v) is 7.61. The number of hydrogen-bond donors (Lipinski definition) is 0. The van der Waals surface area contributed by atoms with Crippen molar-refractivity contribution in [3.05, 3.63) is 0 Å². The van der Waals surface area contributed by atoms with E-state index in [1.807, 2.05) is 69.2 Å². The lowest BCUT2D eigenvalue weighted by Gasteiger charge is -2.42. The number of aldehydes is 1. The maximum absolute atomic E-state index is 12.3. The summed E-state index contributed by atoms with van der Waals surface area (Å²) in [5.41, 5.74) is -1.58. The molecule has 9 atom stereocenters. The molecule has 0 unspecified atom stereocenters. The van der Waals surface area contributed by atoms with Crippen molar-refractivity contribution in [3.8, 4) is 0 Å². The normalized spacial score (nSPS) is 34.9. The average molecular weight is 531 g/mol. The van der Waals surface area contributed by atoms with Gasteiger partial charge >= 0.3 is 5.97 Å². The highest BCUT2D eigenvalue weighted by Crippen LogP contribution is 2.48. The summed E-state index contributed by atoms with van der Waals surface area (Å²) in [5.74, 6) is -2.84. The molecule has 0 saturated carbocycles. The van der Waals surface area contributed by atoms with E-state index in [4.69, 9.17) is 33.2 Å². The number of carbonyl (C=O) groups excluding carboxylic acids is 2. The van der Waals surface area contributed by atoms with Crippen LogP contribution in [-0.4, -0.2) is 73.4 Å². The molecule has 0 bridgehead atoms. The van der Waals surface area contributed by atoms with Gasteiger partial charge in [0.2, 0.25) is 0 Å².